The third-order valence-electron chi connectivity index (χ3n) is 2.09. The molecular weight excluding hydrogens is 223 g/mol. The van der Waals surface area contributed by atoms with Crippen molar-refractivity contribution in [1.82, 2.24) is 9.97 Å². The van der Waals surface area contributed by atoms with Gasteiger partial charge in [-0.1, -0.05) is 0 Å². The number of nitrogens with zero attached hydrogens (tertiary/aromatic N) is 1. The van der Waals surface area contributed by atoms with E-state index in [4.69, 9.17) is 5.73 Å². The highest BCUT2D eigenvalue weighted by Gasteiger charge is 2.32. The Morgan fingerprint density at radius 1 is 1.38 bits per heavy atom. The number of aromatic nitrogens is 2. The molecule has 0 fully saturated rings. The third kappa shape index (κ3) is 1.60. The number of nitrogens with one attached hydrogen (secondary N) is 1. The molecule has 0 aliphatic heterocycles. The molecule has 0 radical (unpaired) electrons. The van der Waals surface area contributed by atoms with Crippen LogP contribution in [0.5, 0.6) is 0 Å². The number of H-pyrrole nitrogens is 1. The Morgan fingerprint density at radius 3 is 2.62 bits per heavy atom. The number of alkyl halides is 3. The van der Waals surface area contributed by atoms with Crippen molar-refractivity contribution >= 4 is 16.9 Å². The summed E-state index contributed by atoms with van der Waals surface area (Å²) in [5, 5.41) is 0.278. The zero-order chi connectivity index (χ0) is 11.9. The lowest BCUT2D eigenvalue weighted by Gasteiger charge is -2.04. The molecule has 0 saturated carbocycles. The Morgan fingerprint density at radius 2 is 2.06 bits per heavy atom. The minimum absolute atomic E-state index is 0.0105. The summed E-state index contributed by atoms with van der Waals surface area (Å²) in [7, 11) is 0. The Kier molecular flexibility index (Phi) is 2.11. The molecule has 1 amide bonds. The average Bonchev–Trinajstić information content (AvgIpc) is 2.58. The number of hydrogen-bond donors (Lipinski definition) is 2. The number of primary amides is 1. The molecule has 2 rings (SSSR count). The monoisotopic (exact) mass is 229 g/mol. The van der Waals surface area contributed by atoms with E-state index in [-0.39, 0.29) is 16.6 Å². The second kappa shape index (κ2) is 3.22. The molecule has 2 heterocycles. The van der Waals surface area contributed by atoms with Crippen LogP contribution < -0.4 is 5.73 Å². The SMILES string of the molecule is NC(=O)c1c[nH]c2nc(C(F)(F)F)ccc12. The largest absolute Gasteiger partial charge is 0.433 e. The first kappa shape index (κ1) is 10.5. The van der Waals surface area contributed by atoms with Gasteiger partial charge in [0.2, 0.25) is 0 Å². The lowest BCUT2D eigenvalue weighted by molar-refractivity contribution is -0.141. The highest BCUT2D eigenvalue weighted by atomic mass is 19.4. The fraction of sp³-hybridized carbons (Fsp3) is 0.111. The van der Waals surface area contributed by atoms with Gasteiger partial charge in [-0.15, -0.1) is 0 Å². The number of nitrogens with two attached hydrogens (primary N) is 1. The van der Waals surface area contributed by atoms with E-state index in [0.717, 1.165) is 6.07 Å². The van der Waals surface area contributed by atoms with Gasteiger partial charge in [0.15, 0.2) is 0 Å². The van der Waals surface area contributed by atoms with Crippen LogP contribution in [0.25, 0.3) is 11.0 Å². The Bertz CT molecular complexity index is 559. The van der Waals surface area contributed by atoms with E-state index in [1.54, 1.807) is 0 Å². The van der Waals surface area contributed by atoms with Gasteiger partial charge in [-0.25, -0.2) is 4.98 Å². The maximum absolute atomic E-state index is 12.3. The highest BCUT2D eigenvalue weighted by molar-refractivity contribution is 6.05. The van der Waals surface area contributed by atoms with Crippen molar-refractivity contribution in [2.24, 2.45) is 5.73 Å². The van der Waals surface area contributed by atoms with Crippen molar-refractivity contribution in [3.63, 3.8) is 0 Å². The highest BCUT2D eigenvalue weighted by Crippen LogP contribution is 2.29. The molecule has 2 aromatic rings. The van der Waals surface area contributed by atoms with Gasteiger partial charge in [-0.05, 0) is 12.1 Å². The first-order valence-electron chi connectivity index (χ1n) is 4.24. The number of carbonyl (C=O) groups excluding carboxylic acids is 1. The molecule has 84 valence electrons. The molecule has 0 atom stereocenters. The van der Waals surface area contributed by atoms with Crippen LogP contribution in [0.2, 0.25) is 0 Å². The van der Waals surface area contributed by atoms with Crippen LogP contribution in [0.15, 0.2) is 18.3 Å². The molecule has 16 heavy (non-hydrogen) atoms. The second-order valence-electron chi connectivity index (χ2n) is 3.16. The number of pyridine rings is 1. The van der Waals surface area contributed by atoms with Crippen LogP contribution in [-0.4, -0.2) is 15.9 Å². The summed E-state index contributed by atoms with van der Waals surface area (Å²) in [6.07, 6.45) is -3.27. The van der Waals surface area contributed by atoms with Gasteiger partial charge in [-0.3, -0.25) is 4.79 Å². The van der Waals surface area contributed by atoms with Gasteiger partial charge in [-0.2, -0.15) is 13.2 Å². The Labute approximate surface area is 87.3 Å². The number of hydrogen-bond acceptors (Lipinski definition) is 2. The van der Waals surface area contributed by atoms with Crippen LogP contribution >= 0.6 is 0 Å². The van der Waals surface area contributed by atoms with Gasteiger partial charge < -0.3 is 10.7 Å². The smallest absolute Gasteiger partial charge is 0.366 e. The van der Waals surface area contributed by atoms with E-state index in [9.17, 15) is 18.0 Å². The van der Waals surface area contributed by atoms with E-state index >= 15 is 0 Å². The van der Waals surface area contributed by atoms with Crippen LogP contribution in [0, 0.1) is 0 Å². The molecule has 0 bridgehead atoms. The molecule has 0 saturated heterocycles. The number of rotatable bonds is 1. The van der Waals surface area contributed by atoms with Gasteiger partial charge in [0.05, 0.1) is 5.56 Å². The second-order valence-corrected chi connectivity index (χ2v) is 3.16. The standard InChI is InChI=1S/C9H6F3N3O/c10-9(11,12)6-2-1-4-5(7(13)16)3-14-8(4)15-6/h1-3H,(H2,13,16)(H,14,15). The summed E-state index contributed by atoms with van der Waals surface area (Å²) in [6.45, 7) is 0. The number of amides is 1. The molecule has 0 aromatic carbocycles. The molecule has 0 unspecified atom stereocenters. The normalized spacial score (nSPS) is 11.9. The Balaban J connectivity index is 2.62. The zero-order valence-electron chi connectivity index (χ0n) is 7.80. The van der Waals surface area contributed by atoms with E-state index in [1.165, 1.54) is 12.3 Å². The van der Waals surface area contributed by atoms with Crippen molar-refractivity contribution in [3.05, 3.63) is 29.6 Å². The summed E-state index contributed by atoms with van der Waals surface area (Å²) in [5.41, 5.74) is 4.13. The van der Waals surface area contributed by atoms with Crippen LogP contribution in [0.1, 0.15) is 16.1 Å². The number of carbonyl (C=O) groups is 1. The molecule has 2 aromatic heterocycles. The molecule has 0 spiro atoms. The lowest BCUT2D eigenvalue weighted by Crippen LogP contribution is -2.10. The molecule has 4 nitrogen and oxygen atoms in total. The molecule has 7 heteroatoms. The van der Waals surface area contributed by atoms with Gasteiger partial charge in [0.25, 0.3) is 5.91 Å². The maximum atomic E-state index is 12.3. The summed E-state index contributed by atoms with van der Waals surface area (Å²) in [6, 6.07) is 1.98. The maximum Gasteiger partial charge on any atom is 0.433 e. The summed E-state index contributed by atoms with van der Waals surface area (Å²) < 4.78 is 36.9. The molecular formula is C9H6F3N3O. The van der Waals surface area contributed by atoms with Gasteiger partial charge >= 0.3 is 6.18 Å². The minimum Gasteiger partial charge on any atom is -0.366 e. The quantitative estimate of drug-likeness (QED) is 0.780. The summed E-state index contributed by atoms with van der Waals surface area (Å²) in [4.78, 5) is 16.7. The predicted molar refractivity (Wildman–Crippen MR) is 49.6 cm³/mol. The first-order chi connectivity index (χ1) is 7.39. The fourth-order valence-electron chi connectivity index (χ4n) is 1.37. The summed E-state index contributed by atoms with van der Waals surface area (Å²) in [5.74, 6) is -0.715. The zero-order valence-corrected chi connectivity index (χ0v) is 7.80. The van der Waals surface area contributed by atoms with Crippen molar-refractivity contribution in [2.75, 3.05) is 0 Å². The topological polar surface area (TPSA) is 71.8 Å². The first-order valence-corrected chi connectivity index (χ1v) is 4.24. The van der Waals surface area contributed by atoms with Crippen molar-refractivity contribution < 1.29 is 18.0 Å². The van der Waals surface area contributed by atoms with Crippen molar-refractivity contribution in [3.8, 4) is 0 Å². The predicted octanol–water partition coefficient (Wildman–Crippen LogP) is 1.68. The Hall–Kier alpha value is -2.05. The number of aromatic amines is 1. The van der Waals surface area contributed by atoms with E-state index in [0.29, 0.717) is 0 Å². The van der Waals surface area contributed by atoms with E-state index in [2.05, 4.69) is 9.97 Å². The van der Waals surface area contributed by atoms with Crippen LogP contribution in [0.4, 0.5) is 13.2 Å². The van der Waals surface area contributed by atoms with E-state index < -0.39 is 17.8 Å². The van der Waals surface area contributed by atoms with E-state index in [1.807, 2.05) is 0 Å². The van der Waals surface area contributed by atoms with Crippen molar-refractivity contribution in [2.45, 2.75) is 6.18 Å². The van der Waals surface area contributed by atoms with Gasteiger partial charge in [0, 0.05) is 11.6 Å². The lowest BCUT2D eigenvalue weighted by atomic mass is 10.2. The fourth-order valence-corrected chi connectivity index (χ4v) is 1.37. The molecule has 0 aliphatic carbocycles. The number of fused-ring (bicyclic) bond motifs is 1. The number of halogens is 3. The molecule has 0 aliphatic rings. The minimum atomic E-state index is -4.51. The molecule has 3 N–H and O–H groups in total. The van der Waals surface area contributed by atoms with Crippen molar-refractivity contribution in [1.29, 1.82) is 0 Å². The van der Waals surface area contributed by atoms with Crippen LogP contribution in [0.3, 0.4) is 0 Å². The van der Waals surface area contributed by atoms with Gasteiger partial charge in [0.1, 0.15) is 11.3 Å². The summed E-state index contributed by atoms with van der Waals surface area (Å²) >= 11 is 0. The average molecular weight is 229 g/mol. The van der Waals surface area contributed by atoms with Crippen LogP contribution in [-0.2, 0) is 6.18 Å². The third-order valence-corrected chi connectivity index (χ3v) is 2.09.